The van der Waals surface area contributed by atoms with E-state index in [0.29, 0.717) is 19.4 Å². The van der Waals surface area contributed by atoms with Crippen molar-refractivity contribution in [3.63, 3.8) is 0 Å². The summed E-state index contributed by atoms with van der Waals surface area (Å²) in [6.45, 7) is 0.542. The van der Waals surface area contributed by atoms with E-state index in [2.05, 4.69) is 4.79 Å². The van der Waals surface area contributed by atoms with E-state index in [1.54, 1.807) is 0 Å². The van der Waals surface area contributed by atoms with Gasteiger partial charge in [0.25, 0.3) is 5.78 Å². The first-order valence-electron chi connectivity index (χ1n) is 6.57. The van der Waals surface area contributed by atoms with E-state index >= 15 is 0 Å². The zero-order chi connectivity index (χ0) is 15.1. The average molecular weight is 289 g/mol. The normalized spacial score (nSPS) is 17.8. The van der Waals surface area contributed by atoms with Crippen molar-refractivity contribution in [2.45, 2.75) is 25.5 Å². The van der Waals surface area contributed by atoms with Gasteiger partial charge in [-0.25, -0.2) is 4.79 Å². The second kappa shape index (κ2) is 7.33. The minimum Gasteiger partial charge on any atom is -0.428 e. The van der Waals surface area contributed by atoms with E-state index in [1.807, 2.05) is 30.3 Å². The van der Waals surface area contributed by atoms with Crippen LogP contribution < -0.4 is 0 Å². The van der Waals surface area contributed by atoms with E-state index in [0.717, 1.165) is 11.8 Å². The number of nitrogens with zero attached hydrogens (tertiary/aromatic N) is 3. The quantitative estimate of drug-likeness (QED) is 0.355. The number of rotatable bonds is 5. The van der Waals surface area contributed by atoms with Gasteiger partial charge in [0, 0.05) is 6.54 Å². The number of benzene rings is 1. The van der Waals surface area contributed by atoms with Crippen molar-refractivity contribution in [3.05, 3.63) is 41.4 Å². The molecule has 0 spiro atoms. The van der Waals surface area contributed by atoms with Gasteiger partial charge in [-0.1, -0.05) is 30.3 Å². The first-order chi connectivity index (χ1) is 10.2. The third kappa shape index (κ3) is 4.24. The fourth-order valence-corrected chi connectivity index (χ4v) is 2.12. The SMILES string of the molecule is [N-]=[N+]=CC(=O)[C@H]1CCCN1OC(=O)OCc1ccccc1. The fraction of sp³-hybridized carbons (Fsp3) is 0.357. The molecule has 1 aliphatic rings. The van der Waals surface area contributed by atoms with Crippen LogP contribution in [0.15, 0.2) is 30.3 Å². The molecule has 0 amide bonds. The summed E-state index contributed by atoms with van der Waals surface area (Å²) in [5.74, 6) is -0.411. The van der Waals surface area contributed by atoms with Crippen LogP contribution in [0.2, 0.25) is 0 Å². The Morgan fingerprint density at radius 1 is 1.38 bits per heavy atom. The molecule has 7 nitrogen and oxygen atoms in total. The molecule has 1 saturated heterocycles. The van der Waals surface area contributed by atoms with Crippen molar-refractivity contribution in [1.82, 2.24) is 5.06 Å². The first-order valence-corrected chi connectivity index (χ1v) is 6.57. The zero-order valence-corrected chi connectivity index (χ0v) is 11.3. The van der Waals surface area contributed by atoms with Gasteiger partial charge in [-0.2, -0.15) is 4.79 Å². The molecule has 0 radical (unpaired) electrons. The first kappa shape index (κ1) is 14.9. The number of carbonyl (C=O) groups is 2. The Morgan fingerprint density at radius 3 is 2.86 bits per heavy atom. The summed E-state index contributed by atoms with van der Waals surface area (Å²) in [6, 6.07) is 8.58. The Morgan fingerprint density at radius 2 is 2.14 bits per heavy atom. The summed E-state index contributed by atoms with van der Waals surface area (Å²) in [5, 5.41) is 1.26. The van der Waals surface area contributed by atoms with Crippen LogP contribution in [-0.4, -0.2) is 40.6 Å². The summed E-state index contributed by atoms with van der Waals surface area (Å²) in [6.07, 6.45) is 1.19. The molecule has 0 bridgehead atoms. The highest BCUT2D eigenvalue weighted by molar-refractivity contribution is 6.27. The van der Waals surface area contributed by atoms with Gasteiger partial charge in [0.2, 0.25) is 0 Å². The van der Waals surface area contributed by atoms with Crippen LogP contribution in [0.1, 0.15) is 18.4 Å². The van der Waals surface area contributed by atoms with E-state index in [1.165, 1.54) is 5.06 Å². The lowest BCUT2D eigenvalue weighted by Gasteiger charge is -2.19. The molecule has 1 aliphatic heterocycles. The van der Waals surface area contributed by atoms with Gasteiger partial charge >= 0.3 is 12.4 Å². The molecule has 21 heavy (non-hydrogen) atoms. The molecular formula is C14H15N3O4. The van der Waals surface area contributed by atoms with Gasteiger partial charge < -0.3 is 15.1 Å². The van der Waals surface area contributed by atoms with Crippen molar-refractivity contribution < 1.29 is 24.0 Å². The maximum absolute atomic E-state index is 11.6. The van der Waals surface area contributed by atoms with Crippen molar-refractivity contribution in [3.8, 4) is 0 Å². The highest BCUT2D eigenvalue weighted by atomic mass is 16.8. The molecule has 1 heterocycles. The second-order valence-electron chi connectivity index (χ2n) is 4.56. The average Bonchev–Trinajstić information content (AvgIpc) is 2.95. The predicted octanol–water partition coefficient (Wildman–Crippen LogP) is 1.59. The van der Waals surface area contributed by atoms with E-state index < -0.39 is 18.0 Å². The molecule has 0 saturated carbocycles. The predicted molar refractivity (Wildman–Crippen MR) is 72.1 cm³/mol. The number of hydrogen-bond donors (Lipinski definition) is 0. The van der Waals surface area contributed by atoms with Gasteiger partial charge in [0.1, 0.15) is 12.6 Å². The highest BCUT2D eigenvalue weighted by Crippen LogP contribution is 2.18. The summed E-state index contributed by atoms with van der Waals surface area (Å²) in [4.78, 5) is 31.0. The summed E-state index contributed by atoms with van der Waals surface area (Å²) in [7, 11) is 0. The lowest BCUT2D eigenvalue weighted by Crippen LogP contribution is -2.38. The van der Waals surface area contributed by atoms with Gasteiger partial charge in [-0.15, -0.1) is 5.06 Å². The van der Waals surface area contributed by atoms with Crippen molar-refractivity contribution in [1.29, 1.82) is 0 Å². The maximum Gasteiger partial charge on any atom is 0.528 e. The summed E-state index contributed by atoms with van der Waals surface area (Å²) < 4.78 is 4.98. The minimum atomic E-state index is -0.862. The Kier molecular flexibility index (Phi) is 5.20. The van der Waals surface area contributed by atoms with Gasteiger partial charge in [-0.05, 0) is 18.4 Å². The summed E-state index contributed by atoms with van der Waals surface area (Å²) in [5.41, 5.74) is 9.22. The third-order valence-electron chi connectivity index (χ3n) is 3.11. The van der Waals surface area contributed by atoms with E-state index in [9.17, 15) is 9.59 Å². The molecule has 0 aliphatic carbocycles. The Hall–Kier alpha value is -2.50. The van der Waals surface area contributed by atoms with Crippen molar-refractivity contribution >= 4 is 18.2 Å². The monoisotopic (exact) mass is 289 g/mol. The van der Waals surface area contributed by atoms with Crippen LogP contribution >= 0.6 is 0 Å². The van der Waals surface area contributed by atoms with Crippen molar-refractivity contribution in [2.24, 2.45) is 0 Å². The van der Waals surface area contributed by atoms with Crippen LogP contribution in [0.4, 0.5) is 4.79 Å². The molecule has 0 unspecified atom stereocenters. The molecule has 1 fully saturated rings. The lowest BCUT2D eigenvalue weighted by molar-refractivity contribution is -0.152. The molecule has 1 atom stereocenters. The summed E-state index contributed by atoms with van der Waals surface area (Å²) >= 11 is 0. The number of ether oxygens (including phenoxy) is 1. The Balaban J connectivity index is 1.84. The molecule has 1 aromatic carbocycles. The second-order valence-corrected chi connectivity index (χ2v) is 4.56. The van der Waals surface area contributed by atoms with Gasteiger partial charge in [0.15, 0.2) is 0 Å². The third-order valence-corrected chi connectivity index (χ3v) is 3.11. The molecular weight excluding hydrogens is 274 g/mol. The minimum absolute atomic E-state index is 0.101. The van der Waals surface area contributed by atoms with Crippen LogP contribution in [-0.2, 0) is 21.0 Å². The number of carbonyl (C=O) groups excluding carboxylic acids is 2. The number of hydroxylamine groups is 2. The van der Waals surface area contributed by atoms with Gasteiger partial charge in [-0.3, -0.25) is 4.79 Å². The number of hydrogen-bond acceptors (Lipinski definition) is 5. The fourth-order valence-electron chi connectivity index (χ4n) is 2.12. The molecule has 0 N–H and O–H groups in total. The Labute approximate surface area is 121 Å². The van der Waals surface area contributed by atoms with Crippen LogP contribution in [0.5, 0.6) is 0 Å². The highest BCUT2D eigenvalue weighted by Gasteiger charge is 2.35. The van der Waals surface area contributed by atoms with E-state index in [4.69, 9.17) is 15.1 Å². The number of ketones is 1. The van der Waals surface area contributed by atoms with Crippen LogP contribution in [0, 0.1) is 0 Å². The van der Waals surface area contributed by atoms with Crippen LogP contribution in [0.25, 0.3) is 5.53 Å². The molecule has 110 valence electrons. The molecule has 7 heteroatoms. The standard InChI is InChI=1S/C14H15N3O4/c15-16-9-13(18)12-7-4-8-17(12)21-14(19)20-10-11-5-2-1-3-6-11/h1-3,5-6,9,12H,4,7-8,10H2/t12-/m1/s1. The zero-order valence-electron chi connectivity index (χ0n) is 11.3. The largest absolute Gasteiger partial charge is 0.528 e. The maximum atomic E-state index is 11.6. The van der Waals surface area contributed by atoms with Crippen LogP contribution in [0.3, 0.4) is 0 Å². The topological polar surface area (TPSA) is 92.2 Å². The molecule has 2 rings (SSSR count). The molecule has 1 aromatic rings. The van der Waals surface area contributed by atoms with E-state index in [-0.39, 0.29) is 6.61 Å². The van der Waals surface area contributed by atoms with Crippen molar-refractivity contribution in [2.75, 3.05) is 6.54 Å². The molecule has 0 aromatic heterocycles. The Bertz CT molecular complexity index is 555. The lowest BCUT2D eigenvalue weighted by atomic mass is 10.1. The number of Topliss-reactive ketones (excluding diaryl/α,β-unsaturated/α-hetero) is 1. The van der Waals surface area contributed by atoms with Gasteiger partial charge in [0.05, 0.1) is 0 Å². The smallest absolute Gasteiger partial charge is 0.428 e.